The van der Waals surface area contributed by atoms with Gasteiger partial charge in [-0.2, -0.15) is 0 Å². The lowest BCUT2D eigenvalue weighted by atomic mass is 9.78. The van der Waals surface area contributed by atoms with Crippen LogP contribution < -0.4 is 0 Å². The van der Waals surface area contributed by atoms with Crippen molar-refractivity contribution in [3.8, 4) is 0 Å². The second-order valence-electron chi connectivity index (χ2n) is 6.84. The van der Waals surface area contributed by atoms with E-state index in [1.165, 1.54) is 14.1 Å². The van der Waals surface area contributed by atoms with Gasteiger partial charge in [0.05, 0.1) is 0 Å². The molecular formula is C21H18ClN3O3. The van der Waals surface area contributed by atoms with Crippen LogP contribution in [-0.4, -0.2) is 46.7 Å². The summed E-state index contributed by atoms with van der Waals surface area (Å²) in [7, 11) is 2.78. The maximum atomic E-state index is 13.1. The number of fused-ring (bicyclic) bond motifs is 1. The highest BCUT2D eigenvalue weighted by Gasteiger charge is 2.48. The Hall–Kier alpha value is -3.12. The van der Waals surface area contributed by atoms with Crippen LogP contribution in [0.2, 0.25) is 5.02 Å². The van der Waals surface area contributed by atoms with E-state index in [1.807, 2.05) is 36.4 Å². The fourth-order valence-corrected chi connectivity index (χ4v) is 4.08. The predicted octanol–water partition coefficient (Wildman–Crippen LogP) is 3.62. The normalized spacial score (nSPS) is 16.9. The van der Waals surface area contributed by atoms with E-state index in [2.05, 4.69) is 4.98 Å². The Morgan fingerprint density at radius 2 is 1.50 bits per heavy atom. The molecular weight excluding hydrogens is 378 g/mol. The average Bonchev–Trinajstić information content (AvgIpc) is 3.13. The molecule has 2 heterocycles. The number of nitrogens with one attached hydrogen (secondary N) is 1. The first-order valence-corrected chi connectivity index (χ1v) is 9.19. The van der Waals surface area contributed by atoms with Gasteiger partial charge in [-0.15, -0.1) is 0 Å². The number of amides is 4. The lowest BCUT2D eigenvalue weighted by Gasteiger charge is -2.37. The lowest BCUT2D eigenvalue weighted by molar-refractivity contribution is -0.148. The first-order chi connectivity index (χ1) is 13.4. The Morgan fingerprint density at radius 1 is 0.893 bits per heavy atom. The van der Waals surface area contributed by atoms with Crippen LogP contribution in [0.4, 0.5) is 4.79 Å². The monoisotopic (exact) mass is 395 g/mol. The van der Waals surface area contributed by atoms with E-state index in [9.17, 15) is 14.4 Å². The molecule has 1 atom stereocenters. The Kier molecular flexibility index (Phi) is 4.43. The highest BCUT2D eigenvalue weighted by molar-refractivity contribution is 6.31. The van der Waals surface area contributed by atoms with Gasteiger partial charge < -0.3 is 4.98 Å². The molecule has 1 fully saturated rings. The van der Waals surface area contributed by atoms with Crippen LogP contribution in [0.5, 0.6) is 0 Å². The number of H-pyrrole nitrogens is 1. The van der Waals surface area contributed by atoms with Gasteiger partial charge in [-0.25, -0.2) is 4.79 Å². The zero-order valence-electron chi connectivity index (χ0n) is 15.3. The summed E-state index contributed by atoms with van der Waals surface area (Å²) < 4.78 is 0. The van der Waals surface area contributed by atoms with Gasteiger partial charge in [0.2, 0.25) is 11.8 Å². The van der Waals surface area contributed by atoms with E-state index in [1.54, 1.807) is 18.3 Å². The van der Waals surface area contributed by atoms with Crippen LogP contribution in [0.1, 0.15) is 17.0 Å². The molecule has 1 aliphatic heterocycles. The molecule has 3 aromatic rings. The van der Waals surface area contributed by atoms with Crippen molar-refractivity contribution >= 4 is 40.3 Å². The lowest BCUT2D eigenvalue weighted by Crippen LogP contribution is -2.58. The largest absolute Gasteiger partial charge is 0.361 e. The summed E-state index contributed by atoms with van der Waals surface area (Å²) in [4.78, 5) is 43.5. The third-order valence-corrected chi connectivity index (χ3v) is 5.64. The van der Waals surface area contributed by atoms with Gasteiger partial charge >= 0.3 is 6.03 Å². The number of para-hydroxylation sites is 1. The van der Waals surface area contributed by atoms with E-state index < -0.39 is 29.7 Å². The zero-order valence-corrected chi connectivity index (χ0v) is 16.1. The molecule has 6 nitrogen and oxygen atoms in total. The number of hydrogen-bond acceptors (Lipinski definition) is 3. The number of carbonyl (C=O) groups is 3. The number of rotatable bonds is 3. The standard InChI is InChI=1S/C21H18ClN3O3/c1-24-19(26)18(20(27)25(2)21(24)28)17(13-8-3-5-9-15(13)22)14-11-23-16-10-6-4-7-12(14)16/h3-11,17-18,23H,1-2H3. The van der Waals surface area contributed by atoms with Crippen molar-refractivity contribution in [3.63, 3.8) is 0 Å². The number of urea groups is 1. The molecule has 7 heteroatoms. The SMILES string of the molecule is CN1C(=O)C(C(c2ccccc2Cl)c2c[nH]c3ccccc23)C(=O)N(C)C1=O. The van der Waals surface area contributed by atoms with Crippen LogP contribution in [0, 0.1) is 5.92 Å². The highest BCUT2D eigenvalue weighted by Crippen LogP contribution is 2.41. The molecule has 28 heavy (non-hydrogen) atoms. The molecule has 1 N–H and O–H groups in total. The molecule has 1 unspecified atom stereocenters. The number of aromatic amines is 1. The van der Waals surface area contributed by atoms with Gasteiger partial charge in [0.1, 0.15) is 5.92 Å². The van der Waals surface area contributed by atoms with Crippen molar-refractivity contribution < 1.29 is 14.4 Å². The Labute approximate surface area is 166 Å². The molecule has 1 aromatic heterocycles. The second kappa shape index (κ2) is 6.80. The van der Waals surface area contributed by atoms with Gasteiger partial charge in [0, 0.05) is 42.1 Å². The van der Waals surface area contributed by atoms with Crippen LogP contribution in [0.3, 0.4) is 0 Å². The fourth-order valence-electron chi connectivity index (χ4n) is 3.83. The fraction of sp³-hybridized carbons (Fsp3) is 0.190. The summed E-state index contributed by atoms with van der Waals surface area (Å²) in [5, 5.41) is 1.36. The van der Waals surface area contributed by atoms with Crippen molar-refractivity contribution in [3.05, 3.63) is 70.9 Å². The molecule has 4 amide bonds. The molecule has 0 saturated carbocycles. The van der Waals surface area contributed by atoms with E-state index >= 15 is 0 Å². The number of aromatic nitrogens is 1. The number of benzene rings is 2. The minimum atomic E-state index is -1.09. The van der Waals surface area contributed by atoms with Gasteiger partial charge in [0.15, 0.2) is 0 Å². The number of carbonyl (C=O) groups excluding carboxylic acids is 3. The topological polar surface area (TPSA) is 73.5 Å². The quantitative estimate of drug-likeness (QED) is 0.688. The van der Waals surface area contributed by atoms with E-state index in [-0.39, 0.29) is 0 Å². The Bertz CT molecular complexity index is 1080. The van der Waals surface area contributed by atoms with Gasteiger partial charge in [0.25, 0.3) is 0 Å². The molecule has 1 saturated heterocycles. The number of halogens is 1. The molecule has 0 spiro atoms. The van der Waals surface area contributed by atoms with E-state index in [0.29, 0.717) is 10.6 Å². The van der Waals surface area contributed by atoms with Crippen LogP contribution in [-0.2, 0) is 9.59 Å². The number of nitrogens with zero attached hydrogens (tertiary/aromatic N) is 2. The molecule has 0 radical (unpaired) electrons. The Morgan fingerprint density at radius 3 is 2.18 bits per heavy atom. The zero-order chi connectivity index (χ0) is 20.0. The molecule has 0 bridgehead atoms. The molecule has 1 aliphatic rings. The maximum absolute atomic E-state index is 13.1. The van der Waals surface area contributed by atoms with Gasteiger partial charge in [-0.3, -0.25) is 19.4 Å². The van der Waals surface area contributed by atoms with Crippen molar-refractivity contribution in [1.29, 1.82) is 0 Å². The third-order valence-electron chi connectivity index (χ3n) is 5.30. The number of imide groups is 2. The average molecular weight is 396 g/mol. The summed E-state index contributed by atoms with van der Waals surface area (Å²) in [6, 6.07) is 14.2. The van der Waals surface area contributed by atoms with Crippen LogP contribution in [0.15, 0.2) is 54.7 Å². The summed E-state index contributed by atoms with van der Waals surface area (Å²) in [6.07, 6.45) is 1.80. The summed E-state index contributed by atoms with van der Waals surface area (Å²) >= 11 is 6.48. The van der Waals surface area contributed by atoms with E-state index in [4.69, 9.17) is 11.6 Å². The minimum absolute atomic E-state index is 0.459. The van der Waals surface area contributed by atoms with Crippen molar-refractivity contribution in [2.75, 3.05) is 14.1 Å². The number of barbiturate groups is 1. The molecule has 4 rings (SSSR count). The first-order valence-electron chi connectivity index (χ1n) is 8.81. The molecule has 142 valence electrons. The third kappa shape index (κ3) is 2.68. The predicted molar refractivity (Wildman–Crippen MR) is 106 cm³/mol. The number of hydrogen-bond donors (Lipinski definition) is 1. The smallest absolute Gasteiger partial charge is 0.332 e. The molecule has 0 aliphatic carbocycles. The van der Waals surface area contributed by atoms with Gasteiger partial charge in [-0.05, 0) is 23.3 Å². The Balaban J connectivity index is 1.96. The summed E-state index contributed by atoms with van der Waals surface area (Å²) in [5.41, 5.74) is 2.34. The molecule has 2 aromatic carbocycles. The first kappa shape index (κ1) is 18.3. The highest BCUT2D eigenvalue weighted by atomic mass is 35.5. The van der Waals surface area contributed by atoms with Crippen LogP contribution >= 0.6 is 11.6 Å². The van der Waals surface area contributed by atoms with Gasteiger partial charge in [-0.1, -0.05) is 48.0 Å². The summed E-state index contributed by atoms with van der Waals surface area (Å²) in [6.45, 7) is 0. The van der Waals surface area contributed by atoms with Crippen LogP contribution in [0.25, 0.3) is 10.9 Å². The van der Waals surface area contributed by atoms with Crippen molar-refractivity contribution in [2.24, 2.45) is 5.92 Å². The second-order valence-corrected chi connectivity index (χ2v) is 7.25. The minimum Gasteiger partial charge on any atom is -0.361 e. The van der Waals surface area contributed by atoms with E-state index in [0.717, 1.165) is 26.3 Å². The summed E-state index contributed by atoms with van der Waals surface area (Å²) in [5.74, 6) is -2.80. The maximum Gasteiger partial charge on any atom is 0.332 e. The van der Waals surface area contributed by atoms with Crippen molar-refractivity contribution in [1.82, 2.24) is 14.8 Å². The van der Waals surface area contributed by atoms with Crippen molar-refractivity contribution in [2.45, 2.75) is 5.92 Å².